The summed E-state index contributed by atoms with van der Waals surface area (Å²) in [6.07, 6.45) is 6.39. The van der Waals surface area contributed by atoms with Crippen LogP contribution in [0.5, 0.6) is 0 Å². The fraction of sp³-hybridized carbons (Fsp3) is 0.350. The van der Waals surface area contributed by atoms with Crippen molar-refractivity contribution in [2.75, 3.05) is 6.54 Å². The molecule has 1 atom stereocenters. The molecule has 0 spiro atoms. The third-order valence-electron chi connectivity index (χ3n) is 5.32. The summed E-state index contributed by atoms with van der Waals surface area (Å²) in [5.41, 5.74) is 3.32. The molecular formula is C20H21N5O. The molecule has 0 saturated heterocycles. The second kappa shape index (κ2) is 6.12. The minimum absolute atomic E-state index is 0.0566. The zero-order valence-corrected chi connectivity index (χ0v) is 14.5. The van der Waals surface area contributed by atoms with Crippen LogP contribution in [0.3, 0.4) is 0 Å². The predicted octanol–water partition coefficient (Wildman–Crippen LogP) is 2.59. The quantitative estimate of drug-likeness (QED) is 0.729. The van der Waals surface area contributed by atoms with E-state index in [-0.39, 0.29) is 18.5 Å². The molecule has 0 unspecified atom stereocenters. The molecule has 1 saturated carbocycles. The fourth-order valence-corrected chi connectivity index (χ4v) is 3.82. The van der Waals surface area contributed by atoms with E-state index in [0.717, 1.165) is 23.5 Å². The Morgan fingerprint density at radius 2 is 1.92 bits per heavy atom. The molecule has 6 heteroatoms. The summed E-state index contributed by atoms with van der Waals surface area (Å²) in [6.45, 7) is 1.76. The molecule has 0 radical (unpaired) electrons. The number of carbonyl (C=O) groups excluding carboxylic acids is 1. The van der Waals surface area contributed by atoms with Crippen molar-refractivity contribution in [1.29, 1.82) is 0 Å². The minimum Gasteiger partial charge on any atom is -0.348 e. The van der Waals surface area contributed by atoms with Crippen molar-refractivity contribution in [3.05, 3.63) is 71.8 Å². The van der Waals surface area contributed by atoms with Gasteiger partial charge < -0.3 is 9.47 Å². The first kappa shape index (κ1) is 15.4. The number of fused-ring (bicyclic) bond motifs is 1. The third-order valence-corrected chi connectivity index (χ3v) is 5.32. The lowest BCUT2D eigenvalue weighted by molar-refractivity contribution is -0.134. The number of amides is 1. The molecule has 132 valence electrons. The lowest BCUT2D eigenvalue weighted by atomic mass is 10.00. The summed E-state index contributed by atoms with van der Waals surface area (Å²) in [6, 6.07) is 14.3. The number of nitrogens with zero attached hydrogens (tertiary/aromatic N) is 5. The maximum Gasteiger partial charge on any atom is 0.245 e. The average molecular weight is 347 g/mol. The van der Waals surface area contributed by atoms with Crippen molar-refractivity contribution in [3.63, 3.8) is 0 Å². The molecule has 5 rings (SSSR count). The highest BCUT2D eigenvalue weighted by Gasteiger charge is 2.32. The van der Waals surface area contributed by atoms with Gasteiger partial charge in [0.15, 0.2) is 0 Å². The van der Waals surface area contributed by atoms with Gasteiger partial charge >= 0.3 is 0 Å². The lowest BCUT2D eigenvalue weighted by Crippen LogP contribution is -2.43. The van der Waals surface area contributed by atoms with Crippen molar-refractivity contribution < 1.29 is 4.79 Å². The van der Waals surface area contributed by atoms with E-state index in [4.69, 9.17) is 0 Å². The van der Waals surface area contributed by atoms with Crippen molar-refractivity contribution in [1.82, 2.24) is 24.5 Å². The molecule has 2 aliphatic rings. The first-order chi connectivity index (χ1) is 12.8. The smallest absolute Gasteiger partial charge is 0.245 e. The van der Waals surface area contributed by atoms with E-state index < -0.39 is 0 Å². The molecular weight excluding hydrogens is 326 g/mol. The molecule has 26 heavy (non-hydrogen) atoms. The Bertz CT molecular complexity index is 925. The monoisotopic (exact) mass is 347 g/mol. The first-order valence-electron chi connectivity index (χ1n) is 9.19. The zero-order chi connectivity index (χ0) is 17.5. The summed E-state index contributed by atoms with van der Waals surface area (Å²) in [7, 11) is 0. The van der Waals surface area contributed by atoms with Gasteiger partial charge in [-0.1, -0.05) is 35.5 Å². The van der Waals surface area contributed by atoms with Gasteiger partial charge in [-0.3, -0.25) is 4.79 Å². The summed E-state index contributed by atoms with van der Waals surface area (Å²) >= 11 is 0. The maximum absolute atomic E-state index is 13.1. The third kappa shape index (κ3) is 2.71. The van der Waals surface area contributed by atoms with Crippen LogP contribution in [0.15, 0.2) is 54.9 Å². The number of rotatable bonds is 4. The zero-order valence-electron chi connectivity index (χ0n) is 14.5. The molecule has 6 nitrogen and oxygen atoms in total. The number of benzene rings is 1. The van der Waals surface area contributed by atoms with E-state index in [0.29, 0.717) is 12.5 Å². The molecule has 3 aromatic rings. The van der Waals surface area contributed by atoms with Gasteiger partial charge in [-0.15, -0.1) is 5.10 Å². The predicted molar refractivity (Wildman–Crippen MR) is 96.4 cm³/mol. The first-order valence-corrected chi connectivity index (χ1v) is 9.19. The SMILES string of the molecule is O=C(Cn1cc(C2CC2)nn1)N1CCn2cccc2[C@@H]1c1ccccc1. The lowest BCUT2D eigenvalue weighted by Gasteiger charge is -2.37. The van der Waals surface area contributed by atoms with Gasteiger partial charge in [0.05, 0.1) is 11.7 Å². The van der Waals surface area contributed by atoms with Crippen LogP contribution in [0.25, 0.3) is 0 Å². The summed E-state index contributed by atoms with van der Waals surface area (Å²) in [5.74, 6) is 0.632. The van der Waals surface area contributed by atoms with E-state index in [1.165, 1.54) is 12.8 Å². The Balaban J connectivity index is 1.43. The van der Waals surface area contributed by atoms with Gasteiger partial charge in [-0.05, 0) is 30.5 Å². The highest BCUT2D eigenvalue weighted by molar-refractivity contribution is 5.77. The molecule has 1 amide bonds. The van der Waals surface area contributed by atoms with E-state index >= 15 is 0 Å². The molecule has 0 bridgehead atoms. The van der Waals surface area contributed by atoms with Gasteiger partial charge in [-0.2, -0.15) is 0 Å². The highest BCUT2D eigenvalue weighted by atomic mass is 16.2. The van der Waals surface area contributed by atoms with E-state index in [1.54, 1.807) is 4.68 Å². The minimum atomic E-state index is -0.0566. The molecule has 1 aliphatic carbocycles. The largest absolute Gasteiger partial charge is 0.348 e. The van der Waals surface area contributed by atoms with Crippen LogP contribution in [0.1, 0.15) is 41.8 Å². The van der Waals surface area contributed by atoms with E-state index in [1.807, 2.05) is 29.3 Å². The van der Waals surface area contributed by atoms with Crippen LogP contribution < -0.4 is 0 Å². The molecule has 1 aliphatic heterocycles. The van der Waals surface area contributed by atoms with Gasteiger partial charge in [0.1, 0.15) is 6.54 Å². The van der Waals surface area contributed by atoms with Gasteiger partial charge in [0.2, 0.25) is 5.91 Å². The second-order valence-electron chi connectivity index (χ2n) is 7.14. The Morgan fingerprint density at radius 3 is 2.73 bits per heavy atom. The summed E-state index contributed by atoms with van der Waals surface area (Å²) in [5, 5.41) is 8.38. The fourth-order valence-electron chi connectivity index (χ4n) is 3.82. The normalized spacial score (nSPS) is 19.4. The maximum atomic E-state index is 13.1. The molecule has 1 aromatic carbocycles. The topological polar surface area (TPSA) is 56.0 Å². The van der Waals surface area contributed by atoms with Crippen molar-refractivity contribution in [2.45, 2.75) is 37.9 Å². The van der Waals surface area contributed by atoms with Gasteiger partial charge in [0, 0.05) is 37.1 Å². The standard InChI is InChI=1S/C20H21N5O/c26-19(14-24-13-17(21-22-24)15-8-9-15)25-12-11-23-10-4-7-18(23)20(25)16-5-2-1-3-6-16/h1-7,10,13,15,20H,8-9,11-12,14H2/t20-/m0/s1. The van der Waals surface area contributed by atoms with Gasteiger partial charge in [0.25, 0.3) is 0 Å². The van der Waals surface area contributed by atoms with Crippen LogP contribution >= 0.6 is 0 Å². The Kier molecular flexibility index (Phi) is 3.62. The van der Waals surface area contributed by atoms with Crippen LogP contribution in [-0.2, 0) is 17.9 Å². The van der Waals surface area contributed by atoms with Crippen LogP contribution in [0.2, 0.25) is 0 Å². The molecule has 0 N–H and O–H groups in total. The summed E-state index contributed by atoms with van der Waals surface area (Å²) in [4.78, 5) is 15.1. The van der Waals surface area contributed by atoms with Crippen molar-refractivity contribution in [2.24, 2.45) is 0 Å². The molecule has 2 aromatic heterocycles. The van der Waals surface area contributed by atoms with Crippen LogP contribution in [0.4, 0.5) is 0 Å². The van der Waals surface area contributed by atoms with Gasteiger partial charge in [-0.25, -0.2) is 4.68 Å². The average Bonchev–Trinajstić information content (AvgIpc) is 3.23. The summed E-state index contributed by atoms with van der Waals surface area (Å²) < 4.78 is 3.92. The Hall–Kier alpha value is -2.89. The number of aromatic nitrogens is 4. The van der Waals surface area contributed by atoms with Crippen molar-refractivity contribution >= 4 is 5.91 Å². The molecule has 3 heterocycles. The molecule has 1 fully saturated rings. The Morgan fingerprint density at radius 1 is 1.08 bits per heavy atom. The van der Waals surface area contributed by atoms with E-state index in [9.17, 15) is 4.79 Å². The second-order valence-corrected chi connectivity index (χ2v) is 7.14. The van der Waals surface area contributed by atoms with Crippen LogP contribution in [0, 0.1) is 0 Å². The number of hydrogen-bond acceptors (Lipinski definition) is 3. The number of carbonyl (C=O) groups is 1. The Labute approximate surface area is 152 Å². The van der Waals surface area contributed by atoms with Crippen LogP contribution in [-0.4, -0.2) is 36.9 Å². The highest BCUT2D eigenvalue weighted by Crippen LogP contribution is 2.38. The number of hydrogen-bond donors (Lipinski definition) is 0. The van der Waals surface area contributed by atoms with E-state index in [2.05, 4.69) is 45.3 Å². The van der Waals surface area contributed by atoms with Crippen molar-refractivity contribution in [3.8, 4) is 0 Å².